The molecule has 2 N–H and O–H groups in total. The van der Waals surface area contributed by atoms with E-state index in [1.54, 1.807) is 7.05 Å². The fourth-order valence-corrected chi connectivity index (χ4v) is 1.86. The molecular weight excluding hydrogens is 240 g/mol. The zero-order valence-electron chi connectivity index (χ0n) is 11.8. The maximum absolute atomic E-state index is 11.8. The van der Waals surface area contributed by atoms with Crippen molar-refractivity contribution in [3.63, 3.8) is 0 Å². The third-order valence-electron chi connectivity index (χ3n) is 2.77. The lowest BCUT2D eigenvalue weighted by Crippen LogP contribution is -2.47. The van der Waals surface area contributed by atoms with E-state index in [4.69, 9.17) is 0 Å². The average molecular weight is 262 g/mol. The van der Waals surface area contributed by atoms with Crippen LogP contribution in [0.3, 0.4) is 0 Å². The van der Waals surface area contributed by atoms with Crippen LogP contribution < -0.4 is 10.6 Å². The van der Waals surface area contributed by atoms with Gasteiger partial charge in [0.1, 0.15) is 6.04 Å². The molecule has 0 saturated heterocycles. The maximum atomic E-state index is 11.8. The minimum Gasteiger partial charge on any atom is -0.357 e. The average Bonchev–Trinajstić information content (AvgIpc) is 2.37. The lowest BCUT2D eigenvalue weighted by molar-refractivity contribution is -0.129. The van der Waals surface area contributed by atoms with Gasteiger partial charge in [-0.1, -0.05) is 44.2 Å². The minimum atomic E-state index is -0.515. The summed E-state index contributed by atoms with van der Waals surface area (Å²) in [6.45, 7) is 3.96. The third-order valence-corrected chi connectivity index (χ3v) is 2.77. The molecule has 0 radical (unpaired) electrons. The molecule has 1 atom stereocenters. The Balaban J connectivity index is 2.67. The normalized spacial score (nSPS) is 12.0. The van der Waals surface area contributed by atoms with Gasteiger partial charge in [-0.25, -0.2) is 0 Å². The molecule has 2 amide bonds. The summed E-state index contributed by atoms with van der Waals surface area (Å²) in [4.78, 5) is 23.6. The highest BCUT2D eigenvalue weighted by atomic mass is 16.2. The van der Waals surface area contributed by atoms with E-state index >= 15 is 0 Å². The van der Waals surface area contributed by atoms with Gasteiger partial charge in [-0.15, -0.1) is 0 Å². The molecule has 0 aliphatic carbocycles. The predicted octanol–water partition coefficient (Wildman–Crippen LogP) is 1.51. The zero-order chi connectivity index (χ0) is 14.3. The lowest BCUT2D eigenvalue weighted by Gasteiger charge is -2.18. The fourth-order valence-electron chi connectivity index (χ4n) is 1.86. The molecule has 0 unspecified atom stereocenters. The van der Waals surface area contributed by atoms with Crippen LogP contribution in [0.1, 0.15) is 25.8 Å². The van der Waals surface area contributed by atoms with Gasteiger partial charge in [-0.05, 0) is 11.5 Å². The molecule has 0 fully saturated rings. The molecule has 0 aliphatic heterocycles. The van der Waals surface area contributed by atoms with Crippen molar-refractivity contribution < 1.29 is 9.59 Å². The predicted molar refractivity (Wildman–Crippen MR) is 75.6 cm³/mol. The van der Waals surface area contributed by atoms with Gasteiger partial charge in [-0.2, -0.15) is 0 Å². The van der Waals surface area contributed by atoms with Crippen LogP contribution in [0, 0.1) is 5.92 Å². The van der Waals surface area contributed by atoms with E-state index in [0.29, 0.717) is 12.8 Å². The van der Waals surface area contributed by atoms with E-state index in [1.165, 1.54) is 0 Å². The highest BCUT2D eigenvalue weighted by Crippen LogP contribution is 2.05. The van der Waals surface area contributed by atoms with Gasteiger partial charge >= 0.3 is 0 Å². The minimum absolute atomic E-state index is 0.0838. The van der Waals surface area contributed by atoms with Crippen molar-refractivity contribution in [3.8, 4) is 0 Å². The van der Waals surface area contributed by atoms with Gasteiger partial charge in [0.15, 0.2) is 0 Å². The van der Waals surface area contributed by atoms with Crippen LogP contribution in [-0.4, -0.2) is 24.9 Å². The van der Waals surface area contributed by atoms with Crippen molar-refractivity contribution in [2.45, 2.75) is 32.7 Å². The summed E-state index contributed by atoms with van der Waals surface area (Å²) in [6, 6.07) is 9.15. The van der Waals surface area contributed by atoms with Crippen LogP contribution >= 0.6 is 0 Å². The first-order valence-corrected chi connectivity index (χ1v) is 6.57. The van der Waals surface area contributed by atoms with E-state index in [1.807, 2.05) is 44.2 Å². The zero-order valence-corrected chi connectivity index (χ0v) is 11.8. The number of carbonyl (C=O) groups is 2. The number of rotatable bonds is 6. The molecule has 0 aromatic heterocycles. The summed E-state index contributed by atoms with van der Waals surface area (Å²) in [6.07, 6.45) is 0.937. The van der Waals surface area contributed by atoms with Crippen molar-refractivity contribution in [2.24, 2.45) is 5.92 Å². The molecule has 19 heavy (non-hydrogen) atoms. The van der Waals surface area contributed by atoms with E-state index in [-0.39, 0.29) is 17.7 Å². The van der Waals surface area contributed by atoms with Gasteiger partial charge in [-0.3, -0.25) is 9.59 Å². The quantitative estimate of drug-likeness (QED) is 0.816. The highest BCUT2D eigenvalue weighted by molar-refractivity contribution is 5.87. The monoisotopic (exact) mass is 262 g/mol. The highest BCUT2D eigenvalue weighted by Gasteiger charge is 2.20. The molecule has 1 aromatic rings. The first kappa shape index (κ1) is 15.2. The Bertz CT molecular complexity index is 415. The molecule has 1 rings (SSSR count). The molecule has 1 aromatic carbocycles. The number of benzene rings is 1. The van der Waals surface area contributed by atoms with Gasteiger partial charge in [0.2, 0.25) is 11.8 Å². The van der Waals surface area contributed by atoms with Crippen molar-refractivity contribution >= 4 is 11.8 Å². The van der Waals surface area contributed by atoms with Gasteiger partial charge in [0.25, 0.3) is 0 Å². The maximum Gasteiger partial charge on any atom is 0.242 e. The lowest BCUT2D eigenvalue weighted by atomic mass is 10.0. The first-order valence-electron chi connectivity index (χ1n) is 6.57. The van der Waals surface area contributed by atoms with Crippen LogP contribution in [0.25, 0.3) is 0 Å². The Morgan fingerprint density at radius 1 is 1.16 bits per heavy atom. The standard InChI is InChI=1S/C15H22N2O2/c1-11(2)9-14(18)17-13(15(19)16-3)10-12-7-5-4-6-8-12/h4-8,11,13H,9-10H2,1-3H3,(H,16,19)(H,17,18)/t13-/m0/s1. The number of hydrogen-bond donors (Lipinski definition) is 2. The third kappa shape index (κ3) is 5.55. The van der Waals surface area contributed by atoms with Gasteiger partial charge in [0, 0.05) is 19.9 Å². The van der Waals surface area contributed by atoms with Crippen molar-refractivity contribution in [1.29, 1.82) is 0 Å². The Morgan fingerprint density at radius 2 is 1.79 bits per heavy atom. The second-order valence-corrected chi connectivity index (χ2v) is 5.02. The summed E-state index contributed by atoms with van der Waals surface area (Å²) in [5.74, 6) is 0.0301. The SMILES string of the molecule is CNC(=O)[C@H](Cc1ccccc1)NC(=O)CC(C)C. The largest absolute Gasteiger partial charge is 0.357 e. The molecule has 0 spiro atoms. The second kappa shape index (κ2) is 7.56. The summed E-state index contributed by atoms with van der Waals surface area (Å²) in [7, 11) is 1.58. The summed E-state index contributed by atoms with van der Waals surface area (Å²) in [5, 5.41) is 5.39. The van der Waals surface area contributed by atoms with Gasteiger partial charge < -0.3 is 10.6 Å². The van der Waals surface area contributed by atoms with Crippen molar-refractivity contribution in [1.82, 2.24) is 10.6 Å². The first-order chi connectivity index (χ1) is 9.02. The van der Waals surface area contributed by atoms with Gasteiger partial charge in [0.05, 0.1) is 0 Å². The van der Waals surface area contributed by atoms with Crippen molar-refractivity contribution in [2.75, 3.05) is 7.05 Å². The molecule has 0 heterocycles. The Kier molecular flexibility index (Phi) is 6.06. The summed E-state index contributed by atoms with van der Waals surface area (Å²) >= 11 is 0. The van der Waals surface area contributed by atoms with Crippen LogP contribution in [0.5, 0.6) is 0 Å². The number of hydrogen-bond acceptors (Lipinski definition) is 2. The summed E-state index contributed by atoms with van der Waals surface area (Å²) in [5.41, 5.74) is 1.03. The van der Waals surface area contributed by atoms with E-state index in [9.17, 15) is 9.59 Å². The molecule has 0 bridgehead atoms. The van der Waals surface area contributed by atoms with Crippen LogP contribution in [0.2, 0.25) is 0 Å². The number of carbonyl (C=O) groups excluding carboxylic acids is 2. The molecule has 4 heteroatoms. The molecule has 4 nitrogen and oxygen atoms in total. The van der Waals surface area contributed by atoms with Crippen LogP contribution in [-0.2, 0) is 16.0 Å². The number of amides is 2. The van der Waals surface area contributed by atoms with E-state index in [0.717, 1.165) is 5.56 Å². The Hall–Kier alpha value is -1.84. The molecule has 0 saturated carbocycles. The number of nitrogens with one attached hydrogen (secondary N) is 2. The Labute approximate surface area is 114 Å². The smallest absolute Gasteiger partial charge is 0.242 e. The summed E-state index contributed by atoms with van der Waals surface area (Å²) < 4.78 is 0. The van der Waals surface area contributed by atoms with Crippen molar-refractivity contribution in [3.05, 3.63) is 35.9 Å². The van der Waals surface area contributed by atoms with E-state index in [2.05, 4.69) is 10.6 Å². The molecule has 104 valence electrons. The topological polar surface area (TPSA) is 58.2 Å². The Morgan fingerprint density at radius 3 is 2.32 bits per heavy atom. The fraction of sp³-hybridized carbons (Fsp3) is 0.467. The van der Waals surface area contributed by atoms with E-state index < -0.39 is 6.04 Å². The molecular formula is C15H22N2O2. The molecule has 0 aliphatic rings. The number of likely N-dealkylation sites (N-methyl/N-ethyl adjacent to an activating group) is 1. The van der Waals surface area contributed by atoms with Crippen LogP contribution in [0.15, 0.2) is 30.3 Å². The second-order valence-electron chi connectivity index (χ2n) is 5.02. The van der Waals surface area contributed by atoms with Crippen LogP contribution in [0.4, 0.5) is 0 Å².